The van der Waals surface area contributed by atoms with E-state index in [4.69, 9.17) is 0 Å². The molecule has 21 heavy (non-hydrogen) atoms. The first-order valence-corrected chi connectivity index (χ1v) is 7.47. The number of fused-ring (bicyclic) bond motifs is 1. The van der Waals surface area contributed by atoms with E-state index in [-0.39, 0.29) is 0 Å². The first-order valence-electron chi connectivity index (χ1n) is 7.47. The molecule has 0 aliphatic rings. The number of hydrogen-bond donors (Lipinski definition) is 0. The van der Waals surface area contributed by atoms with E-state index in [0.29, 0.717) is 0 Å². The van der Waals surface area contributed by atoms with Gasteiger partial charge < -0.3 is 4.90 Å². The number of benzene rings is 3. The fourth-order valence-corrected chi connectivity index (χ4v) is 2.75. The standard InChI is InChI=1S/C20H21N/c1-21(2)19-14-11-16(12-15-19)10-13-18-8-5-7-17-6-3-4-9-20(17)18/h3-9,11-12,14-15H,10,13H2,1-2H3. The Balaban J connectivity index is 1.77. The Morgan fingerprint density at radius 1 is 0.714 bits per heavy atom. The smallest absolute Gasteiger partial charge is 0.0361 e. The minimum Gasteiger partial charge on any atom is -0.378 e. The molecule has 0 aliphatic carbocycles. The van der Waals surface area contributed by atoms with Crippen molar-refractivity contribution in [3.05, 3.63) is 77.9 Å². The quantitative estimate of drug-likeness (QED) is 0.667. The van der Waals surface area contributed by atoms with E-state index in [1.54, 1.807) is 0 Å². The van der Waals surface area contributed by atoms with Gasteiger partial charge in [-0.15, -0.1) is 0 Å². The van der Waals surface area contributed by atoms with Crippen LogP contribution in [0, 0.1) is 0 Å². The van der Waals surface area contributed by atoms with Crippen molar-refractivity contribution in [3.8, 4) is 0 Å². The highest BCUT2D eigenvalue weighted by Gasteiger charge is 2.02. The maximum atomic E-state index is 2.25. The summed E-state index contributed by atoms with van der Waals surface area (Å²) in [4.78, 5) is 2.13. The average Bonchev–Trinajstić information content (AvgIpc) is 2.53. The van der Waals surface area contributed by atoms with Crippen LogP contribution in [0.2, 0.25) is 0 Å². The third-order valence-electron chi connectivity index (χ3n) is 4.02. The third-order valence-corrected chi connectivity index (χ3v) is 4.02. The SMILES string of the molecule is CN(C)c1ccc(CCc2cccc3ccccc23)cc1. The highest BCUT2D eigenvalue weighted by molar-refractivity contribution is 5.85. The van der Waals surface area contributed by atoms with E-state index >= 15 is 0 Å². The van der Waals surface area contributed by atoms with Crippen LogP contribution in [0.3, 0.4) is 0 Å². The van der Waals surface area contributed by atoms with Crippen LogP contribution in [0.4, 0.5) is 5.69 Å². The van der Waals surface area contributed by atoms with Crippen molar-refractivity contribution in [3.63, 3.8) is 0 Å². The van der Waals surface area contributed by atoms with Gasteiger partial charge >= 0.3 is 0 Å². The van der Waals surface area contributed by atoms with Gasteiger partial charge in [0.05, 0.1) is 0 Å². The largest absolute Gasteiger partial charge is 0.378 e. The second kappa shape index (κ2) is 6.01. The number of hydrogen-bond acceptors (Lipinski definition) is 1. The van der Waals surface area contributed by atoms with Gasteiger partial charge in [0.1, 0.15) is 0 Å². The van der Waals surface area contributed by atoms with Crippen molar-refractivity contribution in [2.24, 2.45) is 0 Å². The zero-order valence-electron chi connectivity index (χ0n) is 12.7. The van der Waals surface area contributed by atoms with Gasteiger partial charge in [0.25, 0.3) is 0 Å². The Morgan fingerprint density at radius 2 is 1.43 bits per heavy atom. The van der Waals surface area contributed by atoms with Gasteiger partial charge in [-0.05, 0) is 46.9 Å². The molecule has 0 heterocycles. The van der Waals surface area contributed by atoms with Gasteiger partial charge in [0.15, 0.2) is 0 Å². The normalized spacial score (nSPS) is 10.8. The van der Waals surface area contributed by atoms with Crippen LogP contribution in [0.25, 0.3) is 10.8 Å². The van der Waals surface area contributed by atoms with Crippen LogP contribution in [-0.2, 0) is 12.8 Å². The number of nitrogens with zero attached hydrogens (tertiary/aromatic N) is 1. The molecule has 0 N–H and O–H groups in total. The minimum absolute atomic E-state index is 1.09. The van der Waals surface area contributed by atoms with Gasteiger partial charge in [0.2, 0.25) is 0 Å². The zero-order chi connectivity index (χ0) is 14.7. The Hall–Kier alpha value is -2.28. The second-order valence-electron chi connectivity index (χ2n) is 5.70. The maximum absolute atomic E-state index is 2.25. The summed E-state index contributed by atoms with van der Waals surface area (Å²) in [5.74, 6) is 0. The molecule has 0 aliphatic heterocycles. The van der Waals surface area contributed by atoms with Crippen molar-refractivity contribution in [1.29, 1.82) is 0 Å². The highest BCUT2D eigenvalue weighted by Crippen LogP contribution is 2.20. The molecular formula is C20H21N. The molecule has 1 nitrogen and oxygen atoms in total. The topological polar surface area (TPSA) is 3.24 Å². The van der Waals surface area contributed by atoms with Gasteiger partial charge in [-0.2, -0.15) is 0 Å². The molecule has 3 aromatic carbocycles. The van der Waals surface area contributed by atoms with Crippen LogP contribution in [0.15, 0.2) is 66.7 Å². The molecule has 0 fully saturated rings. The molecule has 0 bridgehead atoms. The predicted molar refractivity (Wildman–Crippen MR) is 92.1 cm³/mol. The summed E-state index contributed by atoms with van der Waals surface area (Å²) < 4.78 is 0. The molecule has 3 rings (SSSR count). The first-order chi connectivity index (χ1) is 10.2. The van der Waals surface area contributed by atoms with Crippen LogP contribution >= 0.6 is 0 Å². The zero-order valence-corrected chi connectivity index (χ0v) is 12.7. The minimum atomic E-state index is 1.09. The molecule has 0 radical (unpaired) electrons. The van der Waals surface area contributed by atoms with Crippen LogP contribution in [-0.4, -0.2) is 14.1 Å². The molecular weight excluding hydrogens is 254 g/mol. The van der Waals surface area contributed by atoms with Crippen molar-refractivity contribution in [2.75, 3.05) is 19.0 Å². The summed E-state index contributed by atoms with van der Waals surface area (Å²) in [6.45, 7) is 0. The summed E-state index contributed by atoms with van der Waals surface area (Å²) in [6.07, 6.45) is 2.17. The van der Waals surface area contributed by atoms with Gasteiger partial charge in [-0.1, -0.05) is 54.6 Å². The van der Waals surface area contributed by atoms with Crippen LogP contribution in [0.5, 0.6) is 0 Å². The van der Waals surface area contributed by atoms with Gasteiger partial charge in [0, 0.05) is 19.8 Å². The molecule has 106 valence electrons. The van der Waals surface area contributed by atoms with Crippen molar-refractivity contribution in [1.82, 2.24) is 0 Å². The molecule has 0 saturated heterocycles. The molecule has 0 amide bonds. The van der Waals surface area contributed by atoms with E-state index in [1.807, 2.05) is 0 Å². The molecule has 3 aromatic rings. The van der Waals surface area contributed by atoms with Crippen molar-refractivity contribution >= 4 is 16.5 Å². The Bertz CT molecular complexity index is 721. The highest BCUT2D eigenvalue weighted by atomic mass is 15.1. The molecule has 1 heteroatoms. The van der Waals surface area contributed by atoms with Gasteiger partial charge in [-0.25, -0.2) is 0 Å². The lowest BCUT2D eigenvalue weighted by atomic mass is 9.98. The lowest BCUT2D eigenvalue weighted by Crippen LogP contribution is -2.08. The molecule has 0 unspecified atom stereocenters. The van der Waals surface area contributed by atoms with Crippen LogP contribution in [0.1, 0.15) is 11.1 Å². The summed E-state index contributed by atoms with van der Waals surface area (Å²) in [7, 11) is 4.15. The van der Waals surface area contributed by atoms with E-state index in [2.05, 4.69) is 85.7 Å². The second-order valence-corrected chi connectivity index (χ2v) is 5.70. The number of anilines is 1. The van der Waals surface area contributed by atoms with E-state index in [9.17, 15) is 0 Å². The Labute approximate surface area is 126 Å². The predicted octanol–water partition coefficient (Wildman–Crippen LogP) is 4.69. The lowest BCUT2D eigenvalue weighted by Gasteiger charge is -2.13. The van der Waals surface area contributed by atoms with E-state index in [0.717, 1.165) is 12.8 Å². The van der Waals surface area contributed by atoms with Crippen molar-refractivity contribution in [2.45, 2.75) is 12.8 Å². The summed E-state index contributed by atoms with van der Waals surface area (Å²) in [5.41, 5.74) is 4.09. The molecule has 0 spiro atoms. The fraction of sp³-hybridized carbons (Fsp3) is 0.200. The van der Waals surface area contributed by atoms with E-state index < -0.39 is 0 Å². The number of aryl methyl sites for hydroxylation is 2. The molecule has 0 aromatic heterocycles. The van der Waals surface area contributed by atoms with Gasteiger partial charge in [-0.3, -0.25) is 0 Å². The van der Waals surface area contributed by atoms with Crippen molar-refractivity contribution < 1.29 is 0 Å². The summed E-state index contributed by atoms with van der Waals surface area (Å²) >= 11 is 0. The van der Waals surface area contributed by atoms with E-state index in [1.165, 1.54) is 27.6 Å². The molecule has 0 saturated carbocycles. The number of rotatable bonds is 4. The first kappa shape index (κ1) is 13.7. The monoisotopic (exact) mass is 275 g/mol. The average molecular weight is 275 g/mol. The Morgan fingerprint density at radius 3 is 2.19 bits per heavy atom. The summed E-state index contributed by atoms with van der Waals surface area (Å²) in [6, 6.07) is 24.1. The summed E-state index contributed by atoms with van der Waals surface area (Å²) in [5, 5.41) is 2.71. The lowest BCUT2D eigenvalue weighted by molar-refractivity contribution is 0.967. The van der Waals surface area contributed by atoms with Crippen LogP contribution < -0.4 is 4.90 Å². The third kappa shape index (κ3) is 3.08. The Kier molecular flexibility index (Phi) is 3.92. The fourth-order valence-electron chi connectivity index (χ4n) is 2.75. The molecule has 0 atom stereocenters. The maximum Gasteiger partial charge on any atom is 0.0361 e.